The maximum absolute atomic E-state index is 10.7. The molecule has 1 aliphatic heterocycles. The molecule has 0 aromatic heterocycles. The lowest BCUT2D eigenvalue weighted by Gasteiger charge is -2.30. The van der Waals surface area contributed by atoms with E-state index in [0.717, 1.165) is 18.6 Å². The summed E-state index contributed by atoms with van der Waals surface area (Å²) in [5.41, 5.74) is 6.33. The lowest BCUT2D eigenvalue weighted by molar-refractivity contribution is 0.0895. The number of rotatable bonds is 2. The summed E-state index contributed by atoms with van der Waals surface area (Å²) in [5, 5.41) is 8.82. The van der Waals surface area contributed by atoms with Crippen molar-refractivity contribution in [1.29, 1.82) is 0 Å². The van der Waals surface area contributed by atoms with Crippen LogP contribution in [0.3, 0.4) is 0 Å². The molecule has 0 spiro atoms. The number of carboxylic acid groups (broad SMARTS) is 1. The van der Waals surface area contributed by atoms with E-state index in [-0.39, 0.29) is 6.10 Å². The van der Waals surface area contributed by atoms with Crippen LogP contribution >= 0.6 is 0 Å². The molecule has 5 heteroatoms. The molecule has 5 nitrogen and oxygen atoms in total. The van der Waals surface area contributed by atoms with Crippen LogP contribution in [0.2, 0.25) is 0 Å². The molecule has 1 saturated heterocycles. The summed E-state index contributed by atoms with van der Waals surface area (Å²) in [6, 6.07) is 7.29. The van der Waals surface area contributed by atoms with Gasteiger partial charge in [-0.15, -0.1) is 0 Å². The SMILES string of the molecule is Nc1cccc(OC2CCN(C(=O)O)CC2)c1. The molecule has 1 fully saturated rings. The fraction of sp³-hybridized carbons (Fsp3) is 0.417. The van der Waals surface area contributed by atoms with Crippen LogP contribution < -0.4 is 10.5 Å². The molecule has 1 aromatic rings. The Labute approximate surface area is 99.8 Å². The highest BCUT2D eigenvalue weighted by Crippen LogP contribution is 2.20. The molecular formula is C12H16N2O3. The number of amides is 1. The highest BCUT2D eigenvalue weighted by atomic mass is 16.5. The van der Waals surface area contributed by atoms with Crippen LogP contribution in [0.4, 0.5) is 10.5 Å². The normalized spacial score (nSPS) is 16.8. The molecule has 0 atom stereocenters. The zero-order valence-corrected chi connectivity index (χ0v) is 9.50. The predicted octanol–water partition coefficient (Wildman–Crippen LogP) is 1.79. The number of hydrogen-bond donors (Lipinski definition) is 2. The van der Waals surface area contributed by atoms with Crippen LogP contribution in [0.25, 0.3) is 0 Å². The Morgan fingerprint density at radius 1 is 1.41 bits per heavy atom. The summed E-state index contributed by atoms with van der Waals surface area (Å²) < 4.78 is 5.76. The number of carbonyl (C=O) groups is 1. The largest absolute Gasteiger partial charge is 0.490 e. The molecule has 0 saturated carbocycles. The van der Waals surface area contributed by atoms with E-state index in [1.807, 2.05) is 12.1 Å². The van der Waals surface area contributed by atoms with Gasteiger partial charge in [-0.2, -0.15) is 0 Å². The van der Waals surface area contributed by atoms with Crippen LogP contribution in [0.15, 0.2) is 24.3 Å². The summed E-state index contributed by atoms with van der Waals surface area (Å²) >= 11 is 0. The van der Waals surface area contributed by atoms with Crippen molar-refractivity contribution >= 4 is 11.8 Å². The molecule has 0 aliphatic carbocycles. The van der Waals surface area contributed by atoms with Crippen molar-refractivity contribution in [2.75, 3.05) is 18.8 Å². The van der Waals surface area contributed by atoms with Crippen LogP contribution in [-0.2, 0) is 0 Å². The quantitative estimate of drug-likeness (QED) is 0.767. The maximum atomic E-state index is 10.7. The fourth-order valence-electron chi connectivity index (χ4n) is 1.95. The maximum Gasteiger partial charge on any atom is 0.407 e. The standard InChI is InChI=1S/C12H16N2O3/c13-9-2-1-3-11(8-9)17-10-4-6-14(7-5-10)12(15)16/h1-3,8,10H,4-7,13H2,(H,15,16). The second-order valence-electron chi connectivity index (χ2n) is 4.16. The van der Waals surface area contributed by atoms with Gasteiger partial charge in [-0.1, -0.05) is 6.07 Å². The van der Waals surface area contributed by atoms with Crippen molar-refractivity contribution < 1.29 is 14.6 Å². The summed E-state index contributed by atoms with van der Waals surface area (Å²) in [6.07, 6.45) is 0.669. The lowest BCUT2D eigenvalue weighted by Crippen LogP contribution is -2.41. The van der Waals surface area contributed by atoms with E-state index in [4.69, 9.17) is 15.6 Å². The van der Waals surface area contributed by atoms with E-state index >= 15 is 0 Å². The molecule has 1 aromatic carbocycles. The molecule has 0 bridgehead atoms. The number of nitrogen functional groups attached to an aromatic ring is 1. The van der Waals surface area contributed by atoms with Crippen LogP contribution in [0.5, 0.6) is 5.75 Å². The van der Waals surface area contributed by atoms with Gasteiger partial charge in [0.25, 0.3) is 0 Å². The van der Waals surface area contributed by atoms with Crippen molar-refractivity contribution in [3.05, 3.63) is 24.3 Å². The first kappa shape index (κ1) is 11.6. The lowest BCUT2D eigenvalue weighted by atomic mass is 10.1. The number of benzene rings is 1. The van der Waals surface area contributed by atoms with Crippen LogP contribution in [0.1, 0.15) is 12.8 Å². The van der Waals surface area contributed by atoms with Gasteiger partial charge in [-0.25, -0.2) is 4.79 Å². The Kier molecular flexibility index (Phi) is 3.37. The van der Waals surface area contributed by atoms with Crippen LogP contribution in [0, 0.1) is 0 Å². The first-order valence-electron chi connectivity index (χ1n) is 5.65. The van der Waals surface area contributed by atoms with Gasteiger partial charge in [0.05, 0.1) is 0 Å². The second kappa shape index (κ2) is 4.95. The molecule has 92 valence electrons. The Hall–Kier alpha value is -1.91. The Balaban J connectivity index is 1.88. The highest BCUT2D eigenvalue weighted by Gasteiger charge is 2.23. The van der Waals surface area contributed by atoms with E-state index < -0.39 is 6.09 Å². The number of hydrogen-bond acceptors (Lipinski definition) is 3. The molecule has 2 rings (SSSR count). The van der Waals surface area contributed by atoms with Crippen LogP contribution in [-0.4, -0.2) is 35.3 Å². The smallest absolute Gasteiger partial charge is 0.407 e. The van der Waals surface area contributed by atoms with Gasteiger partial charge in [-0.05, 0) is 12.1 Å². The number of likely N-dealkylation sites (tertiary alicyclic amines) is 1. The summed E-state index contributed by atoms with van der Waals surface area (Å²) in [7, 11) is 0. The van der Waals surface area contributed by atoms with Gasteiger partial charge in [-0.3, -0.25) is 0 Å². The number of piperidine rings is 1. The van der Waals surface area contributed by atoms with Gasteiger partial charge in [0.2, 0.25) is 0 Å². The topological polar surface area (TPSA) is 75.8 Å². The van der Waals surface area contributed by atoms with E-state index in [1.54, 1.807) is 12.1 Å². The van der Waals surface area contributed by atoms with Gasteiger partial charge in [0.1, 0.15) is 11.9 Å². The van der Waals surface area contributed by atoms with Gasteiger partial charge < -0.3 is 20.5 Å². The van der Waals surface area contributed by atoms with E-state index in [9.17, 15) is 4.79 Å². The van der Waals surface area contributed by atoms with Gasteiger partial charge in [0, 0.05) is 37.7 Å². The minimum atomic E-state index is -0.854. The average Bonchev–Trinajstić information content (AvgIpc) is 2.29. The fourth-order valence-corrected chi connectivity index (χ4v) is 1.95. The summed E-state index contributed by atoms with van der Waals surface area (Å²) in [5.74, 6) is 0.749. The van der Waals surface area contributed by atoms with Gasteiger partial charge in [0.15, 0.2) is 0 Å². The van der Waals surface area contributed by atoms with Crippen molar-refractivity contribution in [2.24, 2.45) is 0 Å². The zero-order valence-electron chi connectivity index (χ0n) is 9.50. The molecule has 0 unspecified atom stereocenters. The summed E-state index contributed by atoms with van der Waals surface area (Å²) in [6.45, 7) is 1.06. The van der Waals surface area contributed by atoms with Crippen molar-refractivity contribution in [3.8, 4) is 5.75 Å². The summed E-state index contributed by atoms with van der Waals surface area (Å²) in [4.78, 5) is 12.1. The number of nitrogens with zero attached hydrogens (tertiary/aromatic N) is 1. The first-order valence-corrected chi connectivity index (χ1v) is 5.65. The molecule has 1 heterocycles. The molecular weight excluding hydrogens is 220 g/mol. The van der Waals surface area contributed by atoms with Crippen molar-refractivity contribution in [2.45, 2.75) is 18.9 Å². The monoisotopic (exact) mass is 236 g/mol. The Bertz CT molecular complexity index is 400. The third-order valence-corrected chi connectivity index (χ3v) is 2.87. The average molecular weight is 236 g/mol. The predicted molar refractivity (Wildman–Crippen MR) is 64.1 cm³/mol. The first-order chi connectivity index (χ1) is 8.15. The Morgan fingerprint density at radius 2 is 2.12 bits per heavy atom. The molecule has 3 N–H and O–H groups in total. The minimum Gasteiger partial charge on any atom is -0.490 e. The van der Waals surface area contributed by atoms with E-state index in [0.29, 0.717) is 18.8 Å². The number of ether oxygens (including phenoxy) is 1. The zero-order chi connectivity index (χ0) is 12.3. The van der Waals surface area contributed by atoms with Crippen molar-refractivity contribution in [3.63, 3.8) is 0 Å². The van der Waals surface area contributed by atoms with E-state index in [1.165, 1.54) is 4.90 Å². The number of anilines is 1. The van der Waals surface area contributed by atoms with E-state index in [2.05, 4.69) is 0 Å². The number of nitrogens with two attached hydrogens (primary N) is 1. The molecule has 1 aliphatic rings. The highest BCUT2D eigenvalue weighted by molar-refractivity contribution is 5.65. The third kappa shape index (κ3) is 3.03. The third-order valence-electron chi connectivity index (χ3n) is 2.87. The molecule has 0 radical (unpaired) electrons. The molecule has 1 amide bonds. The second-order valence-corrected chi connectivity index (χ2v) is 4.16. The Morgan fingerprint density at radius 3 is 2.71 bits per heavy atom. The van der Waals surface area contributed by atoms with Crippen molar-refractivity contribution in [1.82, 2.24) is 4.90 Å². The van der Waals surface area contributed by atoms with Gasteiger partial charge >= 0.3 is 6.09 Å². The molecule has 17 heavy (non-hydrogen) atoms. The minimum absolute atomic E-state index is 0.0763.